The van der Waals surface area contributed by atoms with Crippen molar-refractivity contribution in [2.45, 2.75) is 65.8 Å². The number of nitrogens with one attached hydrogen (secondary N) is 1. The summed E-state index contributed by atoms with van der Waals surface area (Å²) in [5, 5.41) is 4.05. The number of ether oxygens (including phenoxy) is 4. The van der Waals surface area contributed by atoms with Gasteiger partial charge >= 0.3 is 0 Å². The summed E-state index contributed by atoms with van der Waals surface area (Å²) in [7, 11) is 0. The lowest BCUT2D eigenvalue weighted by molar-refractivity contribution is -0.126. The lowest BCUT2D eigenvalue weighted by Gasteiger charge is -2.37. The highest BCUT2D eigenvalue weighted by Gasteiger charge is 2.38. The fourth-order valence-corrected chi connectivity index (χ4v) is 7.55. The molecule has 13 heteroatoms. The van der Waals surface area contributed by atoms with Crippen molar-refractivity contribution in [1.29, 1.82) is 0 Å². The third-order valence-corrected chi connectivity index (χ3v) is 11.4. The molecule has 2 amide bonds. The van der Waals surface area contributed by atoms with E-state index in [9.17, 15) is 9.59 Å². The average Bonchev–Trinajstić information content (AvgIpc) is 3.59. The number of fused-ring (bicyclic) bond motifs is 2. The number of pyridine rings is 1. The Hall–Kier alpha value is -6.04. The molecule has 0 saturated carbocycles. The van der Waals surface area contributed by atoms with Crippen molar-refractivity contribution in [3.05, 3.63) is 158 Å². The monoisotopic (exact) mass is 832 g/mol. The van der Waals surface area contributed by atoms with Gasteiger partial charge in [0.1, 0.15) is 36.5 Å². The van der Waals surface area contributed by atoms with E-state index in [1.165, 1.54) is 0 Å². The molecular formula is C46H42Cl2N4O7. The molecule has 2 atom stereocenters. The highest BCUT2D eigenvalue weighted by atomic mass is 35.5. The van der Waals surface area contributed by atoms with Crippen LogP contribution in [0.3, 0.4) is 0 Å². The number of nitrogens with zero attached hydrogens (tertiary/aromatic N) is 3. The molecular weight excluding hydrogens is 791 g/mol. The number of hydrogen-bond acceptors (Lipinski definition) is 9. The maximum atomic E-state index is 14.1. The lowest BCUT2D eigenvalue weighted by Crippen LogP contribution is -2.53. The first-order chi connectivity index (χ1) is 28.5. The minimum atomic E-state index is -0.796. The number of benzene rings is 4. The van der Waals surface area contributed by atoms with Crippen LogP contribution in [0.25, 0.3) is 0 Å². The summed E-state index contributed by atoms with van der Waals surface area (Å²) in [4.78, 5) is 38.2. The summed E-state index contributed by atoms with van der Waals surface area (Å²) in [5.74, 6) is 3.14. The van der Waals surface area contributed by atoms with Gasteiger partial charge in [-0.15, -0.1) is 0 Å². The van der Waals surface area contributed by atoms with Crippen LogP contribution in [-0.2, 0) is 30.8 Å². The predicted octanol–water partition coefficient (Wildman–Crippen LogP) is 9.42. The van der Waals surface area contributed by atoms with Crippen molar-refractivity contribution in [2.75, 3.05) is 13.2 Å². The van der Waals surface area contributed by atoms with E-state index in [1.807, 2.05) is 86.6 Å². The van der Waals surface area contributed by atoms with E-state index < -0.39 is 11.9 Å². The summed E-state index contributed by atoms with van der Waals surface area (Å²) >= 11 is 12.2. The molecule has 4 heterocycles. The van der Waals surface area contributed by atoms with Crippen LogP contribution < -0.4 is 24.3 Å². The zero-order valence-electron chi connectivity index (χ0n) is 33.0. The van der Waals surface area contributed by atoms with Gasteiger partial charge < -0.3 is 33.6 Å². The molecule has 0 spiro atoms. The van der Waals surface area contributed by atoms with Crippen LogP contribution in [0.1, 0.15) is 67.3 Å². The summed E-state index contributed by atoms with van der Waals surface area (Å²) in [6, 6.07) is 25.7. The van der Waals surface area contributed by atoms with Crippen LogP contribution in [0.15, 0.2) is 95.5 Å². The summed E-state index contributed by atoms with van der Waals surface area (Å²) < 4.78 is 30.5. The number of aromatic nitrogens is 2. The molecule has 6 aromatic rings. The van der Waals surface area contributed by atoms with Crippen molar-refractivity contribution >= 4 is 35.0 Å². The summed E-state index contributed by atoms with van der Waals surface area (Å²) in [5.41, 5.74) is 6.98. The average molecular weight is 834 g/mol. The molecule has 1 N–H and O–H groups in total. The van der Waals surface area contributed by atoms with Crippen LogP contribution in [0.5, 0.6) is 28.7 Å². The fraction of sp³-hybridized carbons (Fsp3) is 0.261. The second-order valence-electron chi connectivity index (χ2n) is 14.7. The Kier molecular flexibility index (Phi) is 11.5. The van der Waals surface area contributed by atoms with Crippen LogP contribution in [-0.4, -0.2) is 45.9 Å². The van der Waals surface area contributed by atoms with Crippen LogP contribution >= 0.6 is 23.2 Å². The largest absolute Gasteiger partial charge is 0.489 e. The second kappa shape index (κ2) is 17.1. The molecule has 302 valence electrons. The standard InChI is InChI=1S/C46H42Cl2N4O7/c1-26-27(2)49-18-16-40(26)58-36-10-5-30(6-11-36)15-17-50-45(53)39-20-33-21-41-42(22-34(33)23-52(39)46(54)44-28(3)51-29(4)57-44)59-43(25-56-41)32-8-12-35(13-9-32)55-24-31-7-14-37(47)38(48)19-31/h5-14,16,18-19,21-22,39,43H,15,17,20,23-25H2,1-4H3,(H,50,53). The summed E-state index contributed by atoms with van der Waals surface area (Å²) in [6.07, 6.45) is 2.23. The zero-order chi connectivity index (χ0) is 41.2. The van der Waals surface area contributed by atoms with Crippen molar-refractivity contribution in [1.82, 2.24) is 20.2 Å². The van der Waals surface area contributed by atoms with E-state index in [0.717, 1.165) is 44.8 Å². The highest BCUT2D eigenvalue weighted by molar-refractivity contribution is 6.42. The Morgan fingerprint density at radius 1 is 0.847 bits per heavy atom. The van der Waals surface area contributed by atoms with Gasteiger partial charge in [0.25, 0.3) is 5.91 Å². The van der Waals surface area contributed by atoms with E-state index in [1.54, 1.807) is 37.1 Å². The van der Waals surface area contributed by atoms with Crippen LogP contribution in [0.2, 0.25) is 10.0 Å². The first-order valence-corrected chi connectivity index (χ1v) is 20.1. The molecule has 0 bridgehead atoms. The molecule has 11 nitrogen and oxygen atoms in total. The van der Waals surface area contributed by atoms with Crippen LogP contribution in [0, 0.1) is 27.7 Å². The van der Waals surface area contributed by atoms with Crippen molar-refractivity contribution in [3.8, 4) is 28.7 Å². The van der Waals surface area contributed by atoms with Gasteiger partial charge in [-0.3, -0.25) is 14.6 Å². The molecule has 0 saturated heterocycles. The van der Waals surface area contributed by atoms with Gasteiger partial charge in [-0.25, -0.2) is 4.98 Å². The normalized spacial score (nSPS) is 15.7. The SMILES string of the molecule is Cc1nc(C)c(C(=O)N2Cc3cc4c(cc3CC2C(=O)NCCc2ccc(Oc3ccnc(C)c3C)cc2)OCC(c2ccc(OCc3ccc(Cl)c(Cl)c3)cc2)O4)o1. The van der Waals surface area contributed by atoms with Crippen molar-refractivity contribution in [3.63, 3.8) is 0 Å². The Labute approximate surface area is 352 Å². The lowest BCUT2D eigenvalue weighted by atomic mass is 9.92. The number of halogens is 2. The second-order valence-corrected chi connectivity index (χ2v) is 15.5. The van der Waals surface area contributed by atoms with Crippen molar-refractivity contribution in [2.24, 2.45) is 0 Å². The molecule has 4 aromatic carbocycles. The first kappa shape index (κ1) is 39.8. The molecule has 0 radical (unpaired) electrons. The molecule has 2 aromatic heterocycles. The molecule has 2 aliphatic rings. The fourth-order valence-electron chi connectivity index (χ4n) is 7.22. The van der Waals surface area contributed by atoms with E-state index in [0.29, 0.717) is 70.8 Å². The van der Waals surface area contributed by atoms with Crippen molar-refractivity contribution < 1.29 is 33.0 Å². The van der Waals surface area contributed by atoms with E-state index >= 15 is 0 Å². The minimum Gasteiger partial charge on any atom is -0.489 e. The molecule has 2 unspecified atom stereocenters. The van der Waals surface area contributed by atoms with Gasteiger partial charge in [0.2, 0.25) is 11.7 Å². The Balaban J connectivity index is 0.937. The molecule has 59 heavy (non-hydrogen) atoms. The topological polar surface area (TPSA) is 125 Å². The minimum absolute atomic E-state index is 0.116. The number of amides is 2. The third kappa shape index (κ3) is 8.86. The smallest absolute Gasteiger partial charge is 0.292 e. The van der Waals surface area contributed by atoms with Gasteiger partial charge in [-0.1, -0.05) is 53.5 Å². The van der Waals surface area contributed by atoms with Gasteiger partial charge in [0, 0.05) is 43.9 Å². The highest BCUT2D eigenvalue weighted by Crippen LogP contribution is 2.41. The van der Waals surface area contributed by atoms with Gasteiger partial charge in [-0.05, 0) is 110 Å². The number of rotatable bonds is 11. The molecule has 0 aliphatic carbocycles. The Morgan fingerprint density at radius 3 is 2.34 bits per heavy atom. The van der Waals surface area contributed by atoms with E-state index in [4.69, 9.17) is 46.6 Å². The number of aryl methyl sites for hydroxylation is 3. The number of carbonyl (C=O) groups is 2. The van der Waals surface area contributed by atoms with E-state index in [-0.39, 0.29) is 30.7 Å². The molecule has 2 aliphatic heterocycles. The van der Waals surface area contributed by atoms with E-state index in [2.05, 4.69) is 15.3 Å². The van der Waals surface area contributed by atoms with Gasteiger partial charge in [0.05, 0.1) is 15.7 Å². The molecule has 0 fully saturated rings. The first-order valence-electron chi connectivity index (χ1n) is 19.3. The zero-order valence-corrected chi connectivity index (χ0v) is 34.5. The van der Waals surface area contributed by atoms with Crippen LogP contribution in [0.4, 0.5) is 0 Å². The Bertz CT molecular complexity index is 2520. The number of oxazole rings is 1. The quantitative estimate of drug-likeness (QED) is 0.136. The third-order valence-electron chi connectivity index (χ3n) is 10.6. The molecule has 8 rings (SSSR count). The summed E-state index contributed by atoms with van der Waals surface area (Å²) in [6.45, 7) is 8.52. The maximum Gasteiger partial charge on any atom is 0.292 e. The number of carbonyl (C=O) groups excluding carboxylic acids is 2. The predicted molar refractivity (Wildman–Crippen MR) is 223 cm³/mol. The van der Waals surface area contributed by atoms with Gasteiger partial charge in [0.15, 0.2) is 23.5 Å². The maximum absolute atomic E-state index is 14.1. The number of hydrogen-bond donors (Lipinski definition) is 1. The Morgan fingerprint density at radius 2 is 1.59 bits per heavy atom. The van der Waals surface area contributed by atoms with Gasteiger partial charge in [-0.2, -0.15) is 0 Å².